The highest BCUT2D eigenvalue weighted by Crippen LogP contribution is 2.24. The van der Waals surface area contributed by atoms with E-state index < -0.39 is 6.10 Å². The molecule has 2 atom stereocenters. The van der Waals surface area contributed by atoms with Crippen molar-refractivity contribution in [2.24, 2.45) is 0 Å². The highest BCUT2D eigenvalue weighted by Gasteiger charge is 2.28. The van der Waals surface area contributed by atoms with Crippen LogP contribution in [0.2, 0.25) is 0 Å². The lowest BCUT2D eigenvalue weighted by atomic mass is 9.98. The van der Waals surface area contributed by atoms with Crippen LogP contribution >= 0.6 is 0 Å². The molecule has 1 N–H and O–H groups in total. The number of ether oxygens (including phenoxy) is 1. The molecule has 1 aromatic heterocycles. The van der Waals surface area contributed by atoms with Gasteiger partial charge in [0.1, 0.15) is 11.6 Å². The summed E-state index contributed by atoms with van der Waals surface area (Å²) in [6.45, 7) is 9.16. The zero-order chi connectivity index (χ0) is 20.4. The number of carbonyl (C=O) groups excluding carboxylic acids is 1. The molecule has 2 aromatic rings. The zero-order valence-electron chi connectivity index (χ0n) is 17.6. The second kappa shape index (κ2) is 8.49. The van der Waals surface area contributed by atoms with Gasteiger partial charge in [0.05, 0.1) is 5.69 Å². The average Bonchev–Trinajstić information content (AvgIpc) is 2.72. The molecule has 0 unspecified atom stereocenters. The predicted octanol–water partition coefficient (Wildman–Crippen LogP) is 2.91. The normalized spacial score (nSPS) is 20.1. The number of aryl methyl sites for hydroxylation is 2. The van der Waals surface area contributed by atoms with Crippen molar-refractivity contribution < 1.29 is 9.53 Å². The molecule has 4 rings (SSSR count). The van der Waals surface area contributed by atoms with Gasteiger partial charge in [-0.05, 0) is 63.4 Å². The van der Waals surface area contributed by atoms with Gasteiger partial charge in [0.2, 0.25) is 0 Å². The van der Waals surface area contributed by atoms with E-state index in [1.54, 1.807) is 0 Å². The van der Waals surface area contributed by atoms with E-state index in [0.29, 0.717) is 19.0 Å². The molecule has 0 aliphatic carbocycles. The van der Waals surface area contributed by atoms with E-state index in [4.69, 9.17) is 9.72 Å². The highest BCUT2D eigenvalue weighted by molar-refractivity contribution is 5.81. The van der Waals surface area contributed by atoms with Crippen molar-refractivity contribution in [3.63, 3.8) is 0 Å². The maximum Gasteiger partial charge on any atom is 0.263 e. The van der Waals surface area contributed by atoms with Gasteiger partial charge in [-0.2, -0.15) is 0 Å². The Bertz CT molecular complexity index is 872. The van der Waals surface area contributed by atoms with Gasteiger partial charge in [-0.1, -0.05) is 6.07 Å². The standard InChI is InChI=1S/C23H30N4O2/c1-15-9-16(2)11-20(10-15)29-17(3)23(28)27-8-6-21-19(14-27)13-25-22(26-21)18-5-4-7-24-12-18/h9-11,13,17-18,24H,4-8,12,14H2,1-3H3/t17-,18+/m0/s1. The Hall–Kier alpha value is -2.47. The Morgan fingerprint density at radius 2 is 2.07 bits per heavy atom. The minimum atomic E-state index is -0.522. The number of piperidine rings is 1. The zero-order valence-corrected chi connectivity index (χ0v) is 17.6. The molecule has 1 fully saturated rings. The van der Waals surface area contributed by atoms with Crippen LogP contribution in [0.1, 0.15) is 53.9 Å². The molecule has 154 valence electrons. The fraction of sp³-hybridized carbons (Fsp3) is 0.522. The van der Waals surface area contributed by atoms with Gasteiger partial charge >= 0.3 is 0 Å². The van der Waals surface area contributed by atoms with Crippen molar-refractivity contribution in [1.29, 1.82) is 0 Å². The maximum atomic E-state index is 12.9. The number of hydrogen-bond donors (Lipinski definition) is 1. The molecule has 2 aliphatic rings. The topological polar surface area (TPSA) is 67.3 Å². The van der Waals surface area contributed by atoms with Gasteiger partial charge in [0.25, 0.3) is 5.91 Å². The van der Waals surface area contributed by atoms with E-state index in [2.05, 4.69) is 16.4 Å². The van der Waals surface area contributed by atoms with Gasteiger partial charge in [-0.15, -0.1) is 0 Å². The van der Waals surface area contributed by atoms with Gasteiger partial charge < -0.3 is 15.0 Å². The number of benzene rings is 1. The van der Waals surface area contributed by atoms with Crippen LogP contribution in [0.3, 0.4) is 0 Å². The molecule has 1 aromatic carbocycles. The summed E-state index contributed by atoms with van der Waals surface area (Å²) < 4.78 is 5.95. The monoisotopic (exact) mass is 394 g/mol. The van der Waals surface area contributed by atoms with Crippen molar-refractivity contribution >= 4 is 5.91 Å². The third-order valence-electron chi connectivity index (χ3n) is 5.78. The number of rotatable bonds is 4. The lowest BCUT2D eigenvalue weighted by Gasteiger charge is -2.31. The summed E-state index contributed by atoms with van der Waals surface area (Å²) in [4.78, 5) is 24.3. The molecule has 0 bridgehead atoms. The van der Waals surface area contributed by atoms with Crippen LogP contribution in [0.5, 0.6) is 5.75 Å². The minimum Gasteiger partial charge on any atom is -0.481 e. The van der Waals surface area contributed by atoms with Crippen molar-refractivity contribution in [3.8, 4) is 5.75 Å². The molecular weight excluding hydrogens is 364 g/mol. The summed E-state index contributed by atoms with van der Waals surface area (Å²) in [5, 5.41) is 3.43. The lowest BCUT2D eigenvalue weighted by Crippen LogP contribution is -2.43. The van der Waals surface area contributed by atoms with Crippen molar-refractivity contribution in [2.45, 2.75) is 58.6 Å². The smallest absolute Gasteiger partial charge is 0.263 e. The van der Waals surface area contributed by atoms with E-state index in [1.807, 2.05) is 44.0 Å². The predicted molar refractivity (Wildman–Crippen MR) is 112 cm³/mol. The van der Waals surface area contributed by atoms with Crippen LogP contribution < -0.4 is 10.1 Å². The van der Waals surface area contributed by atoms with Crippen LogP contribution in [0.25, 0.3) is 0 Å². The average molecular weight is 395 g/mol. The number of aromatic nitrogens is 2. The second-order valence-corrected chi connectivity index (χ2v) is 8.34. The van der Waals surface area contributed by atoms with Crippen LogP contribution in [-0.2, 0) is 17.8 Å². The SMILES string of the molecule is Cc1cc(C)cc(O[C@@H](C)C(=O)N2CCc3nc([C@@H]4CCCNC4)ncc3C2)c1. The van der Waals surface area contributed by atoms with E-state index in [0.717, 1.165) is 59.9 Å². The van der Waals surface area contributed by atoms with Crippen molar-refractivity contribution in [2.75, 3.05) is 19.6 Å². The summed E-state index contributed by atoms with van der Waals surface area (Å²) in [5.74, 6) is 2.10. The van der Waals surface area contributed by atoms with Crippen LogP contribution in [0.4, 0.5) is 0 Å². The van der Waals surface area contributed by atoms with Gasteiger partial charge in [-0.25, -0.2) is 9.97 Å². The fourth-order valence-corrected chi connectivity index (χ4v) is 4.30. The van der Waals surface area contributed by atoms with Gasteiger partial charge in [0, 0.05) is 43.7 Å². The highest BCUT2D eigenvalue weighted by atomic mass is 16.5. The maximum absolute atomic E-state index is 12.9. The Labute approximate surface area is 172 Å². The summed E-state index contributed by atoms with van der Waals surface area (Å²) in [6, 6.07) is 6.04. The van der Waals surface area contributed by atoms with E-state index in [1.165, 1.54) is 6.42 Å². The molecule has 1 saturated heterocycles. The van der Waals surface area contributed by atoms with E-state index in [9.17, 15) is 4.79 Å². The Morgan fingerprint density at radius 1 is 1.28 bits per heavy atom. The summed E-state index contributed by atoms with van der Waals surface area (Å²) in [7, 11) is 0. The fourth-order valence-electron chi connectivity index (χ4n) is 4.30. The molecule has 6 nitrogen and oxygen atoms in total. The first kappa shape index (κ1) is 19.8. The lowest BCUT2D eigenvalue weighted by molar-refractivity contribution is -0.138. The summed E-state index contributed by atoms with van der Waals surface area (Å²) in [5.41, 5.74) is 4.41. The second-order valence-electron chi connectivity index (χ2n) is 8.34. The van der Waals surface area contributed by atoms with E-state index in [-0.39, 0.29) is 5.91 Å². The first-order valence-electron chi connectivity index (χ1n) is 10.6. The third-order valence-corrected chi connectivity index (χ3v) is 5.78. The van der Waals surface area contributed by atoms with Crippen LogP contribution in [-0.4, -0.2) is 46.5 Å². The molecule has 6 heteroatoms. The Balaban J connectivity index is 1.41. The van der Waals surface area contributed by atoms with Crippen LogP contribution in [0.15, 0.2) is 24.4 Å². The molecule has 29 heavy (non-hydrogen) atoms. The molecule has 3 heterocycles. The van der Waals surface area contributed by atoms with Gasteiger partial charge in [-0.3, -0.25) is 4.79 Å². The molecule has 2 aliphatic heterocycles. The summed E-state index contributed by atoms with van der Waals surface area (Å²) >= 11 is 0. The first-order chi connectivity index (χ1) is 14.0. The minimum absolute atomic E-state index is 0.00960. The van der Waals surface area contributed by atoms with Crippen LogP contribution in [0, 0.1) is 13.8 Å². The third kappa shape index (κ3) is 4.58. The van der Waals surface area contributed by atoms with Crippen molar-refractivity contribution in [3.05, 3.63) is 52.6 Å². The number of nitrogens with zero attached hydrogens (tertiary/aromatic N) is 3. The number of carbonyl (C=O) groups is 1. The van der Waals surface area contributed by atoms with Crippen molar-refractivity contribution in [1.82, 2.24) is 20.2 Å². The number of hydrogen-bond acceptors (Lipinski definition) is 5. The Morgan fingerprint density at radius 3 is 2.79 bits per heavy atom. The molecule has 0 radical (unpaired) electrons. The number of amides is 1. The van der Waals surface area contributed by atoms with E-state index >= 15 is 0 Å². The van der Waals surface area contributed by atoms with Gasteiger partial charge in [0.15, 0.2) is 6.10 Å². The molecule has 1 amide bonds. The number of fused-ring (bicyclic) bond motifs is 1. The quantitative estimate of drug-likeness (QED) is 0.864. The number of nitrogens with one attached hydrogen (secondary N) is 1. The molecular formula is C23H30N4O2. The molecule has 0 saturated carbocycles. The molecule has 0 spiro atoms. The Kier molecular flexibility index (Phi) is 5.81. The summed E-state index contributed by atoms with van der Waals surface area (Å²) in [6.07, 6.45) is 4.48. The first-order valence-corrected chi connectivity index (χ1v) is 10.6. The largest absolute Gasteiger partial charge is 0.481 e.